The number of rotatable bonds is 2. The molecule has 0 bridgehead atoms. The number of imidazole rings is 1. The van der Waals surface area contributed by atoms with Gasteiger partial charge in [-0.05, 0) is 79.8 Å². The number of hydrogen-bond donors (Lipinski definition) is 0. The fraction of sp³-hybridized carbons (Fsp3) is 0.146. The van der Waals surface area contributed by atoms with Crippen LogP contribution < -0.4 is 0 Å². The van der Waals surface area contributed by atoms with Crippen LogP contribution in [-0.2, 0) is 11.8 Å². The molecule has 9 rings (SSSR count). The third kappa shape index (κ3) is 3.50. The Hall–Kier alpha value is -4.95. The number of nitrogens with zero attached hydrogens (tertiary/aromatic N) is 2. The van der Waals surface area contributed by atoms with Crippen molar-refractivity contribution < 1.29 is 0 Å². The first-order chi connectivity index (χ1) is 21.0. The lowest BCUT2D eigenvalue weighted by atomic mass is 9.80. The summed E-state index contributed by atoms with van der Waals surface area (Å²) < 4.78 is 2.43. The second kappa shape index (κ2) is 8.78. The van der Waals surface area contributed by atoms with E-state index in [1.54, 1.807) is 0 Å². The SMILES string of the molecule is CC(C)(C)c1ccc(-n2c(-c3ccc4ccc5c6c4c3CC=C6CC=C5)nc3c4ccccc4c4ccccc4c32)cc1. The minimum atomic E-state index is 0.0847. The van der Waals surface area contributed by atoms with Gasteiger partial charge in [0, 0.05) is 22.0 Å². The van der Waals surface area contributed by atoms with Crippen molar-refractivity contribution in [2.75, 3.05) is 0 Å². The van der Waals surface area contributed by atoms with Gasteiger partial charge in [0.15, 0.2) is 0 Å². The first kappa shape index (κ1) is 24.6. The number of benzene rings is 6. The molecule has 7 aromatic rings. The number of hydrogen-bond acceptors (Lipinski definition) is 1. The summed E-state index contributed by atoms with van der Waals surface area (Å²) in [7, 11) is 0. The molecule has 2 aliphatic carbocycles. The summed E-state index contributed by atoms with van der Waals surface area (Å²) in [4.78, 5) is 5.58. The fourth-order valence-electron chi connectivity index (χ4n) is 7.49. The Labute approximate surface area is 251 Å². The molecule has 0 aliphatic heterocycles. The molecule has 0 saturated carbocycles. The van der Waals surface area contributed by atoms with Crippen LogP contribution in [0, 0.1) is 0 Å². The first-order valence-corrected chi connectivity index (χ1v) is 15.3. The highest BCUT2D eigenvalue weighted by Crippen LogP contribution is 2.45. The van der Waals surface area contributed by atoms with Crippen molar-refractivity contribution in [3.05, 3.63) is 131 Å². The van der Waals surface area contributed by atoms with Crippen molar-refractivity contribution in [2.45, 2.75) is 39.0 Å². The summed E-state index contributed by atoms with van der Waals surface area (Å²) in [5, 5.41) is 7.64. The van der Waals surface area contributed by atoms with Crippen LogP contribution in [0.25, 0.3) is 72.1 Å². The van der Waals surface area contributed by atoms with E-state index >= 15 is 0 Å². The number of allylic oxidation sites excluding steroid dienone is 3. The quantitative estimate of drug-likeness (QED) is 0.195. The Morgan fingerprint density at radius 1 is 0.698 bits per heavy atom. The Morgan fingerprint density at radius 3 is 2.16 bits per heavy atom. The molecule has 2 nitrogen and oxygen atoms in total. The molecule has 0 spiro atoms. The van der Waals surface area contributed by atoms with Crippen LogP contribution in [0.1, 0.15) is 49.4 Å². The van der Waals surface area contributed by atoms with Crippen molar-refractivity contribution >= 4 is 55.0 Å². The lowest BCUT2D eigenvalue weighted by Gasteiger charge is -2.25. The third-order valence-corrected chi connectivity index (χ3v) is 9.60. The maximum absolute atomic E-state index is 5.58. The Kier molecular flexibility index (Phi) is 5.03. The van der Waals surface area contributed by atoms with Gasteiger partial charge in [-0.3, -0.25) is 4.57 Å². The molecule has 0 N–H and O–H groups in total. The van der Waals surface area contributed by atoms with E-state index in [1.807, 2.05) is 0 Å². The standard InChI is InChI=1S/C41H32N2/c1-41(2,3)28-19-21-29(22-20-28)43-39-34-14-7-5-12-31(34)30-11-4-6-13-33(30)38(39)42-40(43)35-24-18-27-16-15-25-9-8-10-26-17-23-32(35)37(27)36(25)26/h4-9,11-22,24H,10,23H2,1-3H3. The van der Waals surface area contributed by atoms with Crippen molar-refractivity contribution in [2.24, 2.45) is 0 Å². The molecule has 0 atom stereocenters. The van der Waals surface area contributed by atoms with Gasteiger partial charge in [0.05, 0.1) is 11.0 Å². The van der Waals surface area contributed by atoms with E-state index in [0.717, 1.165) is 29.9 Å². The van der Waals surface area contributed by atoms with Crippen LogP contribution in [0.5, 0.6) is 0 Å². The van der Waals surface area contributed by atoms with Crippen molar-refractivity contribution in [3.63, 3.8) is 0 Å². The van der Waals surface area contributed by atoms with Gasteiger partial charge < -0.3 is 0 Å². The zero-order chi connectivity index (χ0) is 28.9. The molecule has 0 saturated heterocycles. The smallest absolute Gasteiger partial charge is 0.146 e. The third-order valence-electron chi connectivity index (χ3n) is 9.60. The lowest BCUT2D eigenvalue weighted by Crippen LogP contribution is -2.11. The van der Waals surface area contributed by atoms with E-state index < -0.39 is 0 Å². The largest absolute Gasteiger partial charge is 0.292 e. The summed E-state index contributed by atoms with van der Waals surface area (Å²) in [6.45, 7) is 6.82. The zero-order valence-electron chi connectivity index (χ0n) is 24.8. The average molecular weight is 553 g/mol. The van der Waals surface area contributed by atoms with E-state index in [0.29, 0.717) is 0 Å². The summed E-state index contributed by atoms with van der Waals surface area (Å²) in [5.74, 6) is 1.01. The highest BCUT2D eigenvalue weighted by Gasteiger charge is 2.26. The molecular formula is C41H32N2. The lowest BCUT2D eigenvalue weighted by molar-refractivity contribution is 0.590. The Morgan fingerprint density at radius 2 is 1.40 bits per heavy atom. The molecule has 6 aromatic carbocycles. The molecule has 0 amide bonds. The highest BCUT2D eigenvalue weighted by atomic mass is 15.1. The van der Waals surface area contributed by atoms with Gasteiger partial charge in [0.25, 0.3) is 0 Å². The second-order valence-electron chi connectivity index (χ2n) is 13.1. The van der Waals surface area contributed by atoms with Gasteiger partial charge in [0.1, 0.15) is 5.82 Å². The molecule has 206 valence electrons. The molecular weight excluding hydrogens is 520 g/mol. The summed E-state index contributed by atoms with van der Waals surface area (Å²) in [6.07, 6.45) is 8.96. The molecule has 1 aromatic heterocycles. The number of fused-ring (bicyclic) bond motifs is 6. The topological polar surface area (TPSA) is 17.8 Å². The van der Waals surface area contributed by atoms with Crippen molar-refractivity contribution in [3.8, 4) is 17.1 Å². The molecule has 0 fully saturated rings. The van der Waals surface area contributed by atoms with Crippen molar-refractivity contribution in [1.29, 1.82) is 0 Å². The number of aromatic nitrogens is 2. The van der Waals surface area contributed by atoms with Gasteiger partial charge in [-0.1, -0.05) is 124 Å². The fourth-order valence-corrected chi connectivity index (χ4v) is 7.49. The zero-order valence-corrected chi connectivity index (χ0v) is 24.8. The molecule has 0 radical (unpaired) electrons. The maximum atomic E-state index is 5.58. The van der Waals surface area contributed by atoms with Crippen LogP contribution in [-0.4, -0.2) is 9.55 Å². The molecule has 43 heavy (non-hydrogen) atoms. The maximum Gasteiger partial charge on any atom is 0.146 e. The Balaban J connectivity index is 1.44. The molecule has 2 aliphatic rings. The normalized spacial score (nSPS) is 14.3. The van der Waals surface area contributed by atoms with Crippen LogP contribution in [0.15, 0.2) is 109 Å². The summed E-state index contributed by atoms with van der Waals surface area (Å²) in [6, 6.07) is 35.9. The predicted molar refractivity (Wildman–Crippen MR) is 183 cm³/mol. The van der Waals surface area contributed by atoms with Crippen LogP contribution in [0.3, 0.4) is 0 Å². The minimum Gasteiger partial charge on any atom is -0.292 e. The monoisotopic (exact) mass is 552 g/mol. The van der Waals surface area contributed by atoms with Gasteiger partial charge in [-0.2, -0.15) is 0 Å². The van der Waals surface area contributed by atoms with Gasteiger partial charge in [-0.25, -0.2) is 4.98 Å². The van der Waals surface area contributed by atoms with E-state index in [1.165, 1.54) is 71.2 Å². The van der Waals surface area contributed by atoms with E-state index in [4.69, 9.17) is 4.98 Å². The van der Waals surface area contributed by atoms with Crippen LogP contribution >= 0.6 is 0 Å². The molecule has 1 heterocycles. The van der Waals surface area contributed by atoms with Crippen LogP contribution in [0.4, 0.5) is 0 Å². The predicted octanol–water partition coefficient (Wildman–Crippen LogP) is 10.8. The second-order valence-corrected chi connectivity index (χ2v) is 13.1. The molecule has 0 unspecified atom stereocenters. The highest BCUT2D eigenvalue weighted by molar-refractivity contribution is 6.24. The first-order valence-electron chi connectivity index (χ1n) is 15.3. The van der Waals surface area contributed by atoms with E-state index in [9.17, 15) is 0 Å². The average Bonchev–Trinajstić information content (AvgIpc) is 3.44. The van der Waals surface area contributed by atoms with E-state index in [-0.39, 0.29) is 5.41 Å². The summed E-state index contributed by atoms with van der Waals surface area (Å²) >= 11 is 0. The van der Waals surface area contributed by atoms with E-state index in [2.05, 4.69) is 141 Å². The Bertz CT molecular complexity index is 2360. The van der Waals surface area contributed by atoms with Crippen molar-refractivity contribution in [1.82, 2.24) is 9.55 Å². The molecule has 2 heteroatoms. The minimum absolute atomic E-state index is 0.0847. The van der Waals surface area contributed by atoms with Gasteiger partial charge in [0.2, 0.25) is 0 Å². The van der Waals surface area contributed by atoms with Gasteiger partial charge in [-0.15, -0.1) is 0 Å². The van der Waals surface area contributed by atoms with Gasteiger partial charge >= 0.3 is 0 Å². The summed E-state index contributed by atoms with van der Waals surface area (Å²) in [5.41, 5.74) is 11.6. The van der Waals surface area contributed by atoms with Crippen LogP contribution in [0.2, 0.25) is 0 Å².